The van der Waals surface area contributed by atoms with Crippen LogP contribution in [-0.4, -0.2) is 29.2 Å². The molecule has 1 aromatic rings. The van der Waals surface area contributed by atoms with Gasteiger partial charge in [-0.1, -0.05) is 30.3 Å². The van der Waals surface area contributed by atoms with E-state index in [-0.39, 0.29) is 6.29 Å². The monoisotopic (exact) mass is 235 g/mol. The minimum absolute atomic E-state index is 0.0940. The molecule has 5 nitrogen and oxygen atoms in total. The largest absolute Gasteiger partial charge is 0.480 e. The minimum atomic E-state index is -2.28. The van der Waals surface area contributed by atoms with Gasteiger partial charge in [0.1, 0.15) is 6.29 Å². The van der Waals surface area contributed by atoms with Gasteiger partial charge in [0.25, 0.3) is 0 Å². The second-order valence-corrected chi connectivity index (χ2v) is 3.98. The van der Waals surface area contributed by atoms with Gasteiger partial charge in [0.05, 0.1) is 5.41 Å². The van der Waals surface area contributed by atoms with Gasteiger partial charge in [-0.05, 0) is 12.5 Å². The number of aliphatic carboxylic acids is 1. The van der Waals surface area contributed by atoms with Crippen LogP contribution in [0.15, 0.2) is 30.3 Å². The standard InChI is InChI=1S/C12H13NO4/c1-11(7-14,9-5-3-2-4-6-9)12(13,8-15)10(16)17/h2-8H,13H2,1H3,(H,16,17). The zero-order valence-electron chi connectivity index (χ0n) is 9.29. The predicted octanol–water partition coefficient (Wildman–Crippen LogP) is 0.124. The van der Waals surface area contributed by atoms with Gasteiger partial charge >= 0.3 is 5.97 Å². The Bertz CT molecular complexity index is 445. The van der Waals surface area contributed by atoms with Gasteiger partial charge < -0.3 is 20.4 Å². The van der Waals surface area contributed by atoms with E-state index in [9.17, 15) is 14.4 Å². The van der Waals surface area contributed by atoms with Crippen molar-refractivity contribution in [2.45, 2.75) is 17.9 Å². The lowest BCUT2D eigenvalue weighted by molar-refractivity contribution is -0.150. The van der Waals surface area contributed by atoms with Gasteiger partial charge in [-0.3, -0.25) is 0 Å². The van der Waals surface area contributed by atoms with E-state index in [2.05, 4.69) is 0 Å². The van der Waals surface area contributed by atoms with E-state index in [0.717, 1.165) is 0 Å². The van der Waals surface area contributed by atoms with Gasteiger partial charge in [-0.15, -0.1) is 0 Å². The first kappa shape index (κ1) is 13.1. The summed E-state index contributed by atoms with van der Waals surface area (Å²) in [5.41, 5.74) is 2.05. The predicted molar refractivity (Wildman–Crippen MR) is 60.5 cm³/mol. The number of carbonyl (C=O) groups excluding carboxylic acids is 2. The first-order valence-electron chi connectivity index (χ1n) is 4.93. The summed E-state index contributed by atoms with van der Waals surface area (Å²) < 4.78 is 0. The Morgan fingerprint density at radius 2 is 1.76 bits per heavy atom. The van der Waals surface area contributed by atoms with Crippen molar-refractivity contribution in [1.82, 2.24) is 0 Å². The normalized spacial score (nSPS) is 17.5. The Balaban J connectivity index is 3.44. The Hall–Kier alpha value is -2.01. The molecule has 0 aliphatic rings. The molecule has 2 unspecified atom stereocenters. The summed E-state index contributed by atoms with van der Waals surface area (Å²) in [5, 5.41) is 9.05. The topological polar surface area (TPSA) is 97.5 Å². The molecule has 5 heteroatoms. The molecule has 0 saturated carbocycles. The summed E-state index contributed by atoms with van der Waals surface area (Å²) in [4.78, 5) is 33.3. The molecule has 0 saturated heterocycles. The van der Waals surface area contributed by atoms with Crippen LogP contribution in [0.2, 0.25) is 0 Å². The molecule has 0 bridgehead atoms. The molecule has 17 heavy (non-hydrogen) atoms. The van der Waals surface area contributed by atoms with Crippen LogP contribution in [0.4, 0.5) is 0 Å². The van der Waals surface area contributed by atoms with Crippen LogP contribution in [0.5, 0.6) is 0 Å². The van der Waals surface area contributed by atoms with Crippen molar-refractivity contribution < 1.29 is 19.5 Å². The van der Waals surface area contributed by atoms with Crippen LogP contribution in [0.1, 0.15) is 12.5 Å². The van der Waals surface area contributed by atoms with Crippen LogP contribution < -0.4 is 5.73 Å². The highest BCUT2D eigenvalue weighted by Crippen LogP contribution is 2.31. The maximum absolute atomic E-state index is 11.2. The Kier molecular flexibility index (Phi) is 3.43. The fourth-order valence-electron chi connectivity index (χ4n) is 1.58. The second kappa shape index (κ2) is 4.47. The van der Waals surface area contributed by atoms with Gasteiger partial charge in [0.15, 0.2) is 11.8 Å². The first-order chi connectivity index (χ1) is 7.92. The van der Waals surface area contributed by atoms with E-state index in [1.165, 1.54) is 6.92 Å². The lowest BCUT2D eigenvalue weighted by Gasteiger charge is -2.35. The molecule has 0 amide bonds. The average Bonchev–Trinajstić information content (AvgIpc) is 2.37. The van der Waals surface area contributed by atoms with Crippen molar-refractivity contribution in [3.05, 3.63) is 35.9 Å². The van der Waals surface area contributed by atoms with E-state index in [4.69, 9.17) is 10.8 Å². The zero-order chi connectivity index (χ0) is 13.1. The number of aldehydes is 2. The highest BCUT2D eigenvalue weighted by Gasteiger charge is 2.53. The molecule has 1 rings (SSSR count). The Labute approximate surface area is 98.2 Å². The van der Waals surface area contributed by atoms with Gasteiger partial charge in [-0.25, -0.2) is 4.79 Å². The third-order valence-corrected chi connectivity index (χ3v) is 3.01. The van der Waals surface area contributed by atoms with E-state index in [1.807, 2.05) is 0 Å². The lowest BCUT2D eigenvalue weighted by Crippen LogP contribution is -2.64. The molecule has 3 N–H and O–H groups in total. The molecule has 0 fully saturated rings. The van der Waals surface area contributed by atoms with E-state index < -0.39 is 16.9 Å². The maximum Gasteiger partial charge on any atom is 0.332 e. The van der Waals surface area contributed by atoms with Crippen LogP contribution in [0.25, 0.3) is 0 Å². The van der Waals surface area contributed by atoms with Gasteiger partial charge in [0, 0.05) is 0 Å². The van der Waals surface area contributed by atoms with E-state index >= 15 is 0 Å². The second-order valence-electron chi connectivity index (χ2n) is 3.98. The molecule has 0 heterocycles. The van der Waals surface area contributed by atoms with Crippen molar-refractivity contribution in [3.8, 4) is 0 Å². The van der Waals surface area contributed by atoms with Crippen LogP contribution >= 0.6 is 0 Å². The van der Waals surface area contributed by atoms with Gasteiger partial charge in [0.2, 0.25) is 0 Å². The Morgan fingerprint density at radius 3 is 2.12 bits per heavy atom. The third kappa shape index (κ3) is 1.85. The number of hydrogen-bond acceptors (Lipinski definition) is 4. The molecule has 90 valence electrons. The number of hydrogen-bond donors (Lipinski definition) is 2. The number of carboxylic acid groups (broad SMARTS) is 1. The van der Waals surface area contributed by atoms with Crippen LogP contribution in [-0.2, 0) is 19.8 Å². The van der Waals surface area contributed by atoms with Crippen molar-refractivity contribution in [2.24, 2.45) is 5.73 Å². The van der Waals surface area contributed by atoms with E-state index in [1.54, 1.807) is 30.3 Å². The maximum atomic E-state index is 11.2. The number of carbonyl (C=O) groups is 3. The van der Waals surface area contributed by atoms with Gasteiger partial charge in [-0.2, -0.15) is 0 Å². The quantitative estimate of drug-likeness (QED) is 0.558. The fraction of sp³-hybridized carbons (Fsp3) is 0.250. The molecule has 0 aromatic heterocycles. The first-order valence-corrected chi connectivity index (χ1v) is 4.93. The van der Waals surface area contributed by atoms with Crippen LogP contribution in [0, 0.1) is 0 Å². The third-order valence-electron chi connectivity index (χ3n) is 3.01. The number of benzene rings is 1. The molecule has 2 atom stereocenters. The molecule has 0 radical (unpaired) electrons. The Morgan fingerprint density at radius 1 is 1.24 bits per heavy atom. The highest BCUT2D eigenvalue weighted by atomic mass is 16.4. The molecular weight excluding hydrogens is 222 g/mol. The van der Waals surface area contributed by atoms with Crippen LogP contribution in [0.3, 0.4) is 0 Å². The minimum Gasteiger partial charge on any atom is -0.480 e. The summed E-state index contributed by atoms with van der Waals surface area (Å²) in [6, 6.07) is 8.12. The summed E-state index contributed by atoms with van der Waals surface area (Å²) in [6.07, 6.45) is 0.488. The summed E-state index contributed by atoms with van der Waals surface area (Å²) in [5.74, 6) is -1.54. The number of nitrogens with two attached hydrogens (primary N) is 1. The summed E-state index contributed by atoms with van der Waals surface area (Å²) in [6.45, 7) is 1.33. The SMILES string of the molecule is CC(C=O)(c1ccccc1)C(N)(C=O)C(=O)O. The smallest absolute Gasteiger partial charge is 0.332 e. The van der Waals surface area contributed by atoms with Crippen molar-refractivity contribution in [1.29, 1.82) is 0 Å². The number of carboxylic acids is 1. The number of rotatable bonds is 5. The fourth-order valence-corrected chi connectivity index (χ4v) is 1.58. The molecule has 1 aromatic carbocycles. The molecule has 0 spiro atoms. The van der Waals surface area contributed by atoms with Crippen molar-refractivity contribution >= 4 is 18.5 Å². The van der Waals surface area contributed by atoms with Crippen molar-refractivity contribution in [2.75, 3.05) is 0 Å². The zero-order valence-corrected chi connectivity index (χ0v) is 9.29. The summed E-state index contributed by atoms with van der Waals surface area (Å²) in [7, 11) is 0. The summed E-state index contributed by atoms with van der Waals surface area (Å²) >= 11 is 0. The molecule has 0 aliphatic carbocycles. The average molecular weight is 235 g/mol. The highest BCUT2D eigenvalue weighted by molar-refractivity contribution is 6.03. The van der Waals surface area contributed by atoms with Crippen molar-refractivity contribution in [3.63, 3.8) is 0 Å². The lowest BCUT2D eigenvalue weighted by atomic mass is 9.68. The molecular formula is C12H13NO4. The molecule has 0 aliphatic heterocycles. The van der Waals surface area contributed by atoms with E-state index in [0.29, 0.717) is 11.8 Å².